The number of rotatable bonds is 5. The molecule has 0 spiro atoms. The topological polar surface area (TPSA) is 66.9 Å². The molecular weight excluding hydrogens is 208 g/mol. The highest BCUT2D eigenvalue weighted by Crippen LogP contribution is 2.36. The van der Waals surface area contributed by atoms with Crippen molar-refractivity contribution in [1.82, 2.24) is 0 Å². The molecule has 80 valence electrons. The van der Waals surface area contributed by atoms with Crippen molar-refractivity contribution in [2.45, 2.75) is 19.3 Å². The Kier molecular flexibility index (Phi) is 4.27. The van der Waals surface area contributed by atoms with Crippen molar-refractivity contribution in [3.05, 3.63) is 10.1 Å². The van der Waals surface area contributed by atoms with E-state index in [9.17, 15) is 27.7 Å². The van der Waals surface area contributed by atoms with Gasteiger partial charge in [-0.2, -0.15) is 5.26 Å². The van der Waals surface area contributed by atoms with Crippen LogP contribution in [0.5, 0.6) is 0 Å². The van der Waals surface area contributed by atoms with E-state index in [1.54, 1.807) is 0 Å². The lowest BCUT2D eigenvalue weighted by Crippen LogP contribution is -2.43. The third-order valence-corrected chi connectivity index (χ3v) is 1.70. The molecule has 0 amide bonds. The summed E-state index contributed by atoms with van der Waals surface area (Å²) in [5.41, 5.74) is -3.15. The summed E-state index contributed by atoms with van der Waals surface area (Å²) in [6.45, 7) is -1.62. The molecule has 0 aliphatic rings. The fourth-order valence-corrected chi connectivity index (χ4v) is 0.831. The van der Waals surface area contributed by atoms with Crippen LogP contribution in [0, 0.1) is 26.9 Å². The Morgan fingerprint density at radius 2 is 1.79 bits per heavy atom. The normalized spacial score (nSPS) is 11.8. The Labute approximate surface area is 76.3 Å². The first-order valence-electron chi connectivity index (χ1n) is 3.42. The minimum Gasteiger partial charge on any atom is -0.265 e. The number of alkyl halides is 4. The van der Waals surface area contributed by atoms with E-state index in [0.29, 0.717) is 0 Å². The molecule has 0 N–H and O–H groups in total. The molecule has 0 fully saturated rings. The highest BCUT2D eigenvalue weighted by atomic mass is 19.3. The van der Waals surface area contributed by atoms with Crippen LogP contribution in [0.15, 0.2) is 0 Å². The van der Waals surface area contributed by atoms with Crippen LogP contribution >= 0.6 is 0 Å². The largest absolute Gasteiger partial charge is 0.265 e. The minimum absolute atomic E-state index is 1.11. The van der Waals surface area contributed by atoms with Crippen molar-refractivity contribution in [2.75, 3.05) is 6.54 Å². The van der Waals surface area contributed by atoms with Crippen LogP contribution in [-0.4, -0.2) is 24.3 Å². The molecule has 0 aliphatic carbocycles. The van der Waals surface area contributed by atoms with Crippen molar-refractivity contribution in [2.24, 2.45) is 5.41 Å². The maximum absolute atomic E-state index is 12.2. The Bertz CT molecular complexity index is 243. The van der Waals surface area contributed by atoms with Gasteiger partial charge in [0.25, 0.3) is 12.9 Å². The van der Waals surface area contributed by atoms with E-state index >= 15 is 0 Å². The Hall–Kier alpha value is -1.39. The van der Waals surface area contributed by atoms with Crippen LogP contribution in [0.3, 0.4) is 0 Å². The molecular formula is C6H6F4N2O2. The minimum atomic E-state index is -3.60. The first-order chi connectivity index (χ1) is 6.36. The maximum Gasteiger partial charge on any atom is 0.257 e. The second-order valence-electron chi connectivity index (χ2n) is 2.66. The molecule has 0 bridgehead atoms. The number of halogens is 4. The Balaban J connectivity index is 4.95. The lowest BCUT2D eigenvalue weighted by atomic mass is 9.86. The predicted octanol–water partition coefficient (Wildman–Crippen LogP) is 1.69. The number of nitrogens with zero attached hydrogens (tertiary/aromatic N) is 2. The third-order valence-electron chi connectivity index (χ3n) is 1.70. The van der Waals surface area contributed by atoms with Crippen LogP contribution in [0.25, 0.3) is 0 Å². The van der Waals surface area contributed by atoms with Gasteiger partial charge in [0.1, 0.15) is 0 Å². The molecule has 0 saturated heterocycles. The molecule has 0 heterocycles. The summed E-state index contributed by atoms with van der Waals surface area (Å²) in [4.78, 5) is 8.66. The first kappa shape index (κ1) is 12.6. The van der Waals surface area contributed by atoms with Gasteiger partial charge in [-0.1, -0.05) is 0 Å². The van der Waals surface area contributed by atoms with Crippen LogP contribution in [-0.2, 0) is 0 Å². The lowest BCUT2D eigenvalue weighted by molar-refractivity contribution is -0.507. The first-order valence-corrected chi connectivity index (χ1v) is 3.42. The van der Waals surface area contributed by atoms with Gasteiger partial charge in [0.2, 0.25) is 6.54 Å². The summed E-state index contributed by atoms with van der Waals surface area (Å²) < 4.78 is 48.9. The SMILES string of the molecule is N#CCC(C[N+](=O)[O-])(C(F)F)C(F)F. The summed E-state index contributed by atoms with van der Waals surface area (Å²) in [5, 5.41) is 18.0. The molecule has 4 nitrogen and oxygen atoms in total. The highest BCUT2D eigenvalue weighted by Gasteiger charge is 2.53. The molecule has 0 aromatic rings. The van der Waals surface area contributed by atoms with E-state index in [1.807, 2.05) is 0 Å². The van der Waals surface area contributed by atoms with E-state index in [-0.39, 0.29) is 0 Å². The van der Waals surface area contributed by atoms with Crippen LogP contribution in [0.2, 0.25) is 0 Å². The molecule has 0 atom stereocenters. The van der Waals surface area contributed by atoms with Gasteiger partial charge in [-0.15, -0.1) is 0 Å². The van der Waals surface area contributed by atoms with Gasteiger partial charge in [-0.3, -0.25) is 10.1 Å². The van der Waals surface area contributed by atoms with Crippen molar-refractivity contribution in [1.29, 1.82) is 5.26 Å². The van der Waals surface area contributed by atoms with E-state index in [1.165, 1.54) is 0 Å². The average Bonchev–Trinajstić information content (AvgIpc) is 2.01. The molecule has 0 radical (unpaired) electrons. The zero-order chi connectivity index (χ0) is 11.4. The Morgan fingerprint density at radius 3 is 2.00 bits per heavy atom. The van der Waals surface area contributed by atoms with Crippen molar-refractivity contribution < 1.29 is 22.5 Å². The average molecular weight is 214 g/mol. The van der Waals surface area contributed by atoms with E-state index in [4.69, 9.17) is 5.26 Å². The highest BCUT2D eigenvalue weighted by molar-refractivity contribution is 4.92. The second kappa shape index (κ2) is 4.74. The fourth-order valence-electron chi connectivity index (χ4n) is 0.831. The monoisotopic (exact) mass is 214 g/mol. The van der Waals surface area contributed by atoms with Crippen molar-refractivity contribution >= 4 is 0 Å². The van der Waals surface area contributed by atoms with Gasteiger partial charge in [0.05, 0.1) is 12.5 Å². The smallest absolute Gasteiger partial charge is 0.257 e. The van der Waals surface area contributed by atoms with Crippen molar-refractivity contribution in [3.63, 3.8) is 0 Å². The van der Waals surface area contributed by atoms with E-state index in [0.717, 1.165) is 6.07 Å². The quantitative estimate of drug-likeness (QED) is 0.397. The standard InChI is InChI=1S/C6H6F4N2O2/c7-4(8)6(1-2-11,5(9)10)3-12(13)14/h4-5H,1,3H2. The number of nitriles is 1. The summed E-state index contributed by atoms with van der Waals surface area (Å²) in [6, 6.07) is 1.11. The van der Waals surface area contributed by atoms with Crippen LogP contribution in [0.4, 0.5) is 17.6 Å². The van der Waals surface area contributed by atoms with Gasteiger partial charge in [-0.25, -0.2) is 17.6 Å². The molecule has 0 aromatic carbocycles. The molecule has 0 aliphatic heterocycles. The molecule has 14 heavy (non-hydrogen) atoms. The Morgan fingerprint density at radius 1 is 1.36 bits per heavy atom. The zero-order valence-corrected chi connectivity index (χ0v) is 6.79. The van der Waals surface area contributed by atoms with Gasteiger partial charge in [0.15, 0.2) is 5.41 Å². The third kappa shape index (κ3) is 2.55. The molecule has 0 rings (SSSR count). The maximum atomic E-state index is 12.2. The molecule has 0 unspecified atom stereocenters. The van der Waals surface area contributed by atoms with E-state index < -0.39 is 36.2 Å². The van der Waals surface area contributed by atoms with Gasteiger partial charge < -0.3 is 0 Å². The summed E-state index contributed by atoms with van der Waals surface area (Å²) in [7, 11) is 0. The number of hydrogen-bond acceptors (Lipinski definition) is 3. The molecule has 8 heteroatoms. The predicted molar refractivity (Wildman–Crippen MR) is 36.5 cm³/mol. The molecule has 0 aromatic heterocycles. The summed E-state index contributed by atoms with van der Waals surface area (Å²) in [5.74, 6) is 0. The zero-order valence-electron chi connectivity index (χ0n) is 6.79. The summed E-state index contributed by atoms with van der Waals surface area (Å²) in [6.07, 6.45) is -8.45. The van der Waals surface area contributed by atoms with Gasteiger partial charge in [0, 0.05) is 4.92 Å². The number of hydrogen-bond donors (Lipinski definition) is 0. The van der Waals surface area contributed by atoms with Crippen molar-refractivity contribution in [3.8, 4) is 6.07 Å². The second-order valence-corrected chi connectivity index (χ2v) is 2.66. The fraction of sp³-hybridized carbons (Fsp3) is 0.833. The number of nitro groups is 1. The van der Waals surface area contributed by atoms with E-state index in [2.05, 4.69) is 0 Å². The summed E-state index contributed by atoms with van der Waals surface area (Å²) >= 11 is 0. The van der Waals surface area contributed by atoms with Crippen LogP contribution in [0.1, 0.15) is 6.42 Å². The van der Waals surface area contributed by atoms with Crippen LogP contribution < -0.4 is 0 Å². The lowest BCUT2D eigenvalue weighted by Gasteiger charge is -2.24. The molecule has 0 saturated carbocycles. The van der Waals surface area contributed by atoms with Gasteiger partial charge >= 0.3 is 0 Å². The van der Waals surface area contributed by atoms with Gasteiger partial charge in [-0.05, 0) is 0 Å².